The van der Waals surface area contributed by atoms with Crippen LogP contribution in [-0.2, 0) is 0 Å². The van der Waals surface area contributed by atoms with E-state index in [9.17, 15) is 0 Å². The average Bonchev–Trinajstić information content (AvgIpc) is 2.61. The number of aromatic nitrogens is 3. The highest BCUT2D eigenvalue weighted by molar-refractivity contribution is 6.28. The van der Waals surface area contributed by atoms with Crippen molar-refractivity contribution in [3.8, 4) is 5.88 Å². The molecule has 2 aromatic heterocycles. The van der Waals surface area contributed by atoms with Crippen molar-refractivity contribution in [1.82, 2.24) is 15.0 Å². The van der Waals surface area contributed by atoms with Gasteiger partial charge in [0.2, 0.25) is 11.2 Å². The summed E-state index contributed by atoms with van der Waals surface area (Å²) in [6.07, 6.45) is 1.79. The predicted octanol–water partition coefficient (Wildman–Crippen LogP) is 2.65. The molecule has 0 amide bonds. The molecule has 80 valence electrons. The third-order valence-corrected chi connectivity index (χ3v) is 2.07. The van der Waals surface area contributed by atoms with E-state index in [1.54, 1.807) is 6.20 Å². The van der Waals surface area contributed by atoms with E-state index in [0.717, 1.165) is 11.0 Å². The molecular formula is C10H12ClN3O. The molecule has 0 spiro atoms. The third kappa shape index (κ3) is 2.21. The highest BCUT2D eigenvalue weighted by atomic mass is 35.5. The second kappa shape index (κ2) is 4.06. The summed E-state index contributed by atoms with van der Waals surface area (Å²) >= 11 is 5.78. The Morgan fingerprint density at radius 1 is 1.47 bits per heavy atom. The summed E-state index contributed by atoms with van der Waals surface area (Å²) in [5.41, 5.74) is 1.56. The van der Waals surface area contributed by atoms with Crippen LogP contribution in [0.25, 0.3) is 11.0 Å². The van der Waals surface area contributed by atoms with Crippen molar-refractivity contribution in [2.45, 2.75) is 13.8 Å². The maximum Gasteiger partial charge on any atom is 0.242 e. The number of nitrogens with zero attached hydrogens (tertiary/aromatic N) is 2. The Kier molecular flexibility index (Phi) is 2.77. The third-order valence-electron chi connectivity index (χ3n) is 1.90. The first kappa shape index (κ1) is 10.2. The molecular weight excluding hydrogens is 214 g/mol. The zero-order valence-corrected chi connectivity index (χ0v) is 9.38. The molecule has 5 heteroatoms. The Morgan fingerprint density at radius 3 is 3.00 bits per heavy atom. The number of H-pyrrole nitrogens is 1. The normalized spacial score (nSPS) is 11.2. The molecule has 0 aromatic carbocycles. The Balaban J connectivity index is 2.35. The lowest BCUT2D eigenvalue weighted by Gasteiger charge is -2.08. The van der Waals surface area contributed by atoms with Crippen LogP contribution in [0.3, 0.4) is 0 Å². The van der Waals surface area contributed by atoms with Gasteiger partial charge in [0.15, 0.2) is 0 Å². The predicted molar refractivity (Wildman–Crippen MR) is 59.2 cm³/mol. The molecule has 0 aliphatic heterocycles. The summed E-state index contributed by atoms with van der Waals surface area (Å²) in [6, 6.07) is 1.84. The van der Waals surface area contributed by atoms with Crippen LogP contribution >= 0.6 is 11.6 Å². The number of ether oxygens (including phenoxy) is 1. The quantitative estimate of drug-likeness (QED) is 0.817. The van der Waals surface area contributed by atoms with Crippen LogP contribution in [0.1, 0.15) is 13.8 Å². The van der Waals surface area contributed by atoms with Crippen LogP contribution in [0.15, 0.2) is 12.3 Å². The van der Waals surface area contributed by atoms with Gasteiger partial charge in [-0.1, -0.05) is 13.8 Å². The minimum Gasteiger partial charge on any atom is -0.476 e. The number of fused-ring (bicyclic) bond motifs is 1. The van der Waals surface area contributed by atoms with Crippen molar-refractivity contribution >= 4 is 22.6 Å². The van der Waals surface area contributed by atoms with Gasteiger partial charge < -0.3 is 9.72 Å². The van der Waals surface area contributed by atoms with E-state index in [0.29, 0.717) is 18.4 Å². The molecule has 2 aromatic rings. The van der Waals surface area contributed by atoms with Gasteiger partial charge in [-0.25, -0.2) is 4.98 Å². The molecule has 0 saturated carbocycles. The molecule has 2 heterocycles. The van der Waals surface area contributed by atoms with Crippen LogP contribution in [-0.4, -0.2) is 21.6 Å². The first-order valence-corrected chi connectivity index (χ1v) is 5.18. The fourth-order valence-electron chi connectivity index (χ4n) is 1.24. The van der Waals surface area contributed by atoms with Crippen molar-refractivity contribution in [1.29, 1.82) is 0 Å². The van der Waals surface area contributed by atoms with E-state index in [-0.39, 0.29) is 5.28 Å². The maximum atomic E-state index is 5.78. The molecule has 4 nitrogen and oxygen atoms in total. The molecule has 0 aliphatic rings. The molecule has 15 heavy (non-hydrogen) atoms. The summed E-state index contributed by atoms with van der Waals surface area (Å²) in [4.78, 5) is 11.1. The maximum absolute atomic E-state index is 5.78. The van der Waals surface area contributed by atoms with Gasteiger partial charge in [0.05, 0.1) is 12.1 Å². The summed E-state index contributed by atoms with van der Waals surface area (Å²) in [7, 11) is 0. The van der Waals surface area contributed by atoms with Crippen molar-refractivity contribution in [3.63, 3.8) is 0 Å². The smallest absolute Gasteiger partial charge is 0.242 e. The molecule has 1 N–H and O–H groups in total. The topological polar surface area (TPSA) is 50.8 Å². The van der Waals surface area contributed by atoms with Crippen LogP contribution in [0.4, 0.5) is 0 Å². The van der Waals surface area contributed by atoms with Crippen molar-refractivity contribution in [2.24, 2.45) is 5.92 Å². The second-order valence-electron chi connectivity index (χ2n) is 3.74. The highest BCUT2D eigenvalue weighted by Gasteiger charge is 2.09. The molecule has 0 fully saturated rings. The fourth-order valence-corrected chi connectivity index (χ4v) is 1.41. The van der Waals surface area contributed by atoms with Crippen LogP contribution < -0.4 is 4.74 Å². The van der Waals surface area contributed by atoms with Crippen LogP contribution in [0.5, 0.6) is 5.88 Å². The summed E-state index contributed by atoms with van der Waals surface area (Å²) < 4.78 is 5.55. The average molecular weight is 226 g/mol. The van der Waals surface area contributed by atoms with Crippen molar-refractivity contribution in [2.75, 3.05) is 6.61 Å². The number of hydrogen-bond acceptors (Lipinski definition) is 3. The lowest BCUT2D eigenvalue weighted by molar-refractivity contribution is 0.264. The number of hydrogen-bond donors (Lipinski definition) is 1. The van der Waals surface area contributed by atoms with E-state index < -0.39 is 0 Å². The molecule has 0 radical (unpaired) electrons. The summed E-state index contributed by atoms with van der Waals surface area (Å²) in [6.45, 7) is 4.77. The minimum atomic E-state index is 0.209. The van der Waals surface area contributed by atoms with Crippen LogP contribution in [0.2, 0.25) is 5.28 Å². The molecule has 0 bridgehead atoms. The Labute approximate surface area is 92.6 Å². The first-order valence-electron chi connectivity index (χ1n) is 4.80. The largest absolute Gasteiger partial charge is 0.476 e. The highest BCUT2D eigenvalue weighted by Crippen LogP contribution is 2.22. The van der Waals surface area contributed by atoms with E-state index in [2.05, 4.69) is 28.8 Å². The first-order chi connectivity index (χ1) is 7.16. The van der Waals surface area contributed by atoms with E-state index >= 15 is 0 Å². The molecule has 0 saturated heterocycles. The SMILES string of the molecule is CC(C)COc1nc(Cl)nc2cc[nH]c12. The standard InChI is InChI=1S/C10H12ClN3O/c1-6(2)5-15-9-8-7(3-4-12-8)13-10(11)14-9/h3-4,6,12H,5H2,1-2H3. The molecule has 0 aliphatic carbocycles. The molecule has 0 unspecified atom stereocenters. The number of aromatic amines is 1. The van der Waals surface area contributed by atoms with Gasteiger partial charge in [-0.05, 0) is 23.6 Å². The molecule has 2 rings (SSSR count). The fraction of sp³-hybridized carbons (Fsp3) is 0.400. The van der Waals surface area contributed by atoms with Crippen LogP contribution in [0, 0.1) is 5.92 Å². The minimum absolute atomic E-state index is 0.209. The van der Waals surface area contributed by atoms with Gasteiger partial charge in [-0.3, -0.25) is 0 Å². The lowest BCUT2D eigenvalue weighted by atomic mass is 10.2. The number of nitrogens with one attached hydrogen (secondary N) is 1. The Hall–Kier alpha value is -1.29. The van der Waals surface area contributed by atoms with Gasteiger partial charge in [-0.2, -0.15) is 4.98 Å². The summed E-state index contributed by atoms with van der Waals surface area (Å²) in [5, 5.41) is 0.209. The van der Waals surface area contributed by atoms with E-state index in [4.69, 9.17) is 16.3 Å². The van der Waals surface area contributed by atoms with E-state index in [1.807, 2.05) is 6.07 Å². The zero-order valence-electron chi connectivity index (χ0n) is 8.62. The van der Waals surface area contributed by atoms with Gasteiger partial charge in [0, 0.05) is 6.20 Å². The van der Waals surface area contributed by atoms with Crippen molar-refractivity contribution in [3.05, 3.63) is 17.5 Å². The lowest BCUT2D eigenvalue weighted by Crippen LogP contribution is -2.06. The summed E-state index contributed by atoms with van der Waals surface area (Å²) in [5.74, 6) is 0.965. The van der Waals surface area contributed by atoms with Crippen molar-refractivity contribution < 1.29 is 4.74 Å². The zero-order chi connectivity index (χ0) is 10.8. The monoisotopic (exact) mass is 225 g/mol. The van der Waals surface area contributed by atoms with Gasteiger partial charge in [0.25, 0.3) is 0 Å². The number of rotatable bonds is 3. The Bertz CT molecular complexity index is 467. The van der Waals surface area contributed by atoms with Gasteiger partial charge in [-0.15, -0.1) is 0 Å². The second-order valence-corrected chi connectivity index (χ2v) is 4.08. The number of halogens is 1. The van der Waals surface area contributed by atoms with Gasteiger partial charge >= 0.3 is 0 Å². The van der Waals surface area contributed by atoms with E-state index in [1.165, 1.54) is 0 Å². The molecule has 0 atom stereocenters. The van der Waals surface area contributed by atoms with Gasteiger partial charge in [0.1, 0.15) is 5.52 Å². The Morgan fingerprint density at radius 2 is 2.27 bits per heavy atom.